The van der Waals surface area contributed by atoms with Gasteiger partial charge in [0.2, 0.25) is 0 Å². The number of fused-ring (bicyclic) bond motifs is 7. The Morgan fingerprint density at radius 3 is 1.63 bits per heavy atom. The van der Waals surface area contributed by atoms with Crippen LogP contribution < -0.4 is 4.90 Å². The molecule has 0 radical (unpaired) electrons. The lowest BCUT2D eigenvalue weighted by molar-refractivity contribution is 0.767. The fourth-order valence-corrected chi connectivity index (χ4v) is 7.70. The molecular formula is C45H33N. The van der Waals surface area contributed by atoms with Gasteiger partial charge in [0.1, 0.15) is 0 Å². The van der Waals surface area contributed by atoms with E-state index in [0.29, 0.717) is 0 Å². The summed E-state index contributed by atoms with van der Waals surface area (Å²) < 4.78 is 0. The molecule has 8 aromatic rings. The second-order valence-corrected chi connectivity index (χ2v) is 12.4. The quantitative estimate of drug-likeness (QED) is 0.185. The molecule has 0 unspecified atom stereocenters. The van der Waals surface area contributed by atoms with Gasteiger partial charge < -0.3 is 4.90 Å². The Hall–Kier alpha value is -5.66. The number of rotatable bonds is 4. The molecule has 0 N–H and O–H groups in total. The predicted octanol–water partition coefficient (Wildman–Crippen LogP) is 12.2. The Morgan fingerprint density at radius 1 is 0.413 bits per heavy atom. The third-order valence-corrected chi connectivity index (χ3v) is 9.76. The van der Waals surface area contributed by atoms with Crippen molar-refractivity contribution >= 4 is 43.7 Å². The van der Waals surface area contributed by atoms with E-state index in [-0.39, 0.29) is 0 Å². The summed E-state index contributed by atoms with van der Waals surface area (Å²) in [4.78, 5) is 2.49. The van der Waals surface area contributed by atoms with Gasteiger partial charge >= 0.3 is 0 Å². The fourth-order valence-electron chi connectivity index (χ4n) is 7.70. The number of para-hydroxylation sites is 1. The summed E-state index contributed by atoms with van der Waals surface area (Å²) in [6, 6.07) is 60.4. The smallest absolute Gasteiger partial charge is 0.0443 e. The summed E-state index contributed by atoms with van der Waals surface area (Å²) in [5.74, 6) is 0. The first-order valence-electron chi connectivity index (χ1n) is 16.3. The van der Waals surface area contributed by atoms with E-state index in [4.69, 9.17) is 0 Å². The number of benzene rings is 8. The Bertz CT molecular complexity index is 2370. The maximum Gasteiger partial charge on any atom is 0.0443 e. The number of anilines is 2. The zero-order chi connectivity index (χ0) is 30.5. The lowest BCUT2D eigenvalue weighted by Crippen LogP contribution is -2.24. The molecule has 0 aromatic heterocycles. The molecule has 8 aromatic carbocycles. The largest absolute Gasteiger partial charge is 0.341 e. The van der Waals surface area contributed by atoms with Crippen LogP contribution in [-0.4, -0.2) is 6.54 Å². The Balaban J connectivity index is 1.39. The van der Waals surface area contributed by atoms with Crippen LogP contribution in [0.3, 0.4) is 0 Å². The first-order valence-corrected chi connectivity index (χ1v) is 16.3. The van der Waals surface area contributed by atoms with Crippen LogP contribution in [0.1, 0.15) is 12.0 Å². The van der Waals surface area contributed by atoms with Crippen LogP contribution in [0, 0.1) is 0 Å². The first-order chi connectivity index (χ1) is 22.8. The van der Waals surface area contributed by atoms with Gasteiger partial charge in [-0.2, -0.15) is 0 Å². The highest BCUT2D eigenvalue weighted by Crippen LogP contribution is 2.49. The topological polar surface area (TPSA) is 3.24 Å². The molecule has 0 atom stereocenters. The molecular weight excluding hydrogens is 555 g/mol. The molecule has 0 amide bonds. The zero-order valence-electron chi connectivity index (χ0n) is 25.7. The third kappa shape index (κ3) is 4.31. The van der Waals surface area contributed by atoms with Crippen molar-refractivity contribution in [1.29, 1.82) is 0 Å². The molecule has 1 heteroatoms. The highest BCUT2D eigenvalue weighted by Gasteiger charge is 2.22. The van der Waals surface area contributed by atoms with Gasteiger partial charge in [-0.05, 0) is 108 Å². The highest BCUT2D eigenvalue weighted by molar-refractivity contribution is 6.32. The van der Waals surface area contributed by atoms with Crippen LogP contribution in [0.15, 0.2) is 164 Å². The zero-order valence-corrected chi connectivity index (χ0v) is 25.7. The van der Waals surface area contributed by atoms with Gasteiger partial charge in [0.25, 0.3) is 0 Å². The first kappa shape index (κ1) is 26.7. The van der Waals surface area contributed by atoms with Crippen LogP contribution in [0.25, 0.3) is 65.7 Å². The monoisotopic (exact) mass is 587 g/mol. The summed E-state index contributed by atoms with van der Waals surface area (Å²) in [7, 11) is 0. The molecule has 0 bridgehead atoms. The second kappa shape index (κ2) is 11.1. The lowest BCUT2D eigenvalue weighted by Gasteiger charge is -2.31. The van der Waals surface area contributed by atoms with Crippen molar-refractivity contribution < 1.29 is 0 Å². The Labute approximate surface area is 270 Å². The molecule has 0 spiro atoms. The minimum atomic E-state index is 1.04. The van der Waals surface area contributed by atoms with Gasteiger partial charge in [-0.3, -0.25) is 0 Å². The molecule has 0 saturated heterocycles. The summed E-state index contributed by atoms with van der Waals surface area (Å²) in [6.07, 6.45) is 2.31. The van der Waals surface area contributed by atoms with E-state index in [1.165, 1.54) is 89.1 Å². The SMILES string of the molecule is c1ccc(-c2cc(-c3ccccc3)c3c4ccccc4c4ccccc4c3c2-c2ccc(N3CCCc4ccccc43)cc2)cc1. The number of hydrogen-bond donors (Lipinski definition) is 0. The molecule has 0 saturated carbocycles. The van der Waals surface area contributed by atoms with Gasteiger partial charge in [0, 0.05) is 17.9 Å². The minimum Gasteiger partial charge on any atom is -0.341 e. The summed E-state index contributed by atoms with van der Waals surface area (Å²) in [5, 5.41) is 7.78. The summed E-state index contributed by atoms with van der Waals surface area (Å²) in [6.45, 7) is 1.04. The van der Waals surface area contributed by atoms with Crippen molar-refractivity contribution in [3.63, 3.8) is 0 Å². The standard InChI is InChI=1S/C45H33N/c1-3-14-31(15-4-1)40-30-41(32-16-5-2-6-17-32)44-38-22-10-8-20-36(38)37-21-9-11-23-39(37)45(44)43(40)34-25-27-35(28-26-34)46-29-13-19-33-18-7-12-24-42(33)46/h1-12,14-18,20-28,30H,13,19,29H2. The summed E-state index contributed by atoms with van der Waals surface area (Å²) in [5.41, 5.74) is 11.5. The highest BCUT2D eigenvalue weighted by atomic mass is 15.1. The fraction of sp³-hybridized carbons (Fsp3) is 0.0667. The molecule has 1 aliphatic rings. The molecule has 1 nitrogen and oxygen atoms in total. The normalized spacial score (nSPS) is 12.9. The lowest BCUT2D eigenvalue weighted by atomic mass is 9.81. The molecule has 9 rings (SSSR count). The van der Waals surface area contributed by atoms with Gasteiger partial charge in [-0.1, -0.05) is 140 Å². The molecule has 0 aliphatic carbocycles. The van der Waals surface area contributed by atoms with E-state index in [1.807, 2.05) is 0 Å². The average Bonchev–Trinajstić information content (AvgIpc) is 3.15. The molecule has 1 aliphatic heterocycles. The van der Waals surface area contributed by atoms with E-state index in [9.17, 15) is 0 Å². The molecule has 1 heterocycles. The molecule has 0 fully saturated rings. The van der Waals surface area contributed by atoms with Gasteiger partial charge in [0.15, 0.2) is 0 Å². The van der Waals surface area contributed by atoms with Crippen molar-refractivity contribution in [2.45, 2.75) is 12.8 Å². The third-order valence-electron chi connectivity index (χ3n) is 9.76. The maximum atomic E-state index is 2.49. The van der Waals surface area contributed by atoms with Gasteiger partial charge in [-0.15, -0.1) is 0 Å². The summed E-state index contributed by atoms with van der Waals surface area (Å²) >= 11 is 0. The molecule has 46 heavy (non-hydrogen) atoms. The van der Waals surface area contributed by atoms with E-state index in [1.54, 1.807) is 0 Å². The van der Waals surface area contributed by atoms with Crippen molar-refractivity contribution in [3.8, 4) is 33.4 Å². The van der Waals surface area contributed by atoms with Crippen LogP contribution >= 0.6 is 0 Å². The van der Waals surface area contributed by atoms with Crippen LogP contribution in [0.4, 0.5) is 11.4 Å². The van der Waals surface area contributed by atoms with Crippen molar-refractivity contribution in [2.24, 2.45) is 0 Å². The Morgan fingerprint density at radius 2 is 0.957 bits per heavy atom. The maximum absolute atomic E-state index is 2.49. The number of nitrogens with zero attached hydrogens (tertiary/aromatic N) is 1. The van der Waals surface area contributed by atoms with E-state index < -0.39 is 0 Å². The second-order valence-electron chi connectivity index (χ2n) is 12.4. The Kier molecular flexibility index (Phi) is 6.42. The number of aryl methyl sites for hydroxylation is 1. The van der Waals surface area contributed by atoms with Crippen LogP contribution in [0.2, 0.25) is 0 Å². The number of hydrogen-bond acceptors (Lipinski definition) is 1. The van der Waals surface area contributed by atoms with Crippen LogP contribution in [-0.2, 0) is 6.42 Å². The predicted molar refractivity (Wildman–Crippen MR) is 197 cm³/mol. The minimum absolute atomic E-state index is 1.04. The van der Waals surface area contributed by atoms with Gasteiger partial charge in [-0.25, -0.2) is 0 Å². The van der Waals surface area contributed by atoms with Crippen molar-refractivity contribution in [1.82, 2.24) is 0 Å². The van der Waals surface area contributed by atoms with E-state index >= 15 is 0 Å². The van der Waals surface area contributed by atoms with E-state index in [2.05, 4.69) is 169 Å². The average molecular weight is 588 g/mol. The van der Waals surface area contributed by atoms with Gasteiger partial charge in [0.05, 0.1) is 0 Å². The van der Waals surface area contributed by atoms with E-state index in [0.717, 1.165) is 13.0 Å². The molecule has 218 valence electrons. The van der Waals surface area contributed by atoms with Crippen molar-refractivity contribution in [3.05, 3.63) is 169 Å². The van der Waals surface area contributed by atoms with Crippen LogP contribution in [0.5, 0.6) is 0 Å². The van der Waals surface area contributed by atoms with Crippen molar-refractivity contribution in [2.75, 3.05) is 11.4 Å².